The number of carbonyl (C=O) groups excluding carboxylic acids is 1. The van der Waals surface area contributed by atoms with Gasteiger partial charge in [0.05, 0.1) is 6.42 Å². The van der Waals surface area contributed by atoms with Gasteiger partial charge in [-0.05, 0) is 32.6 Å². The highest BCUT2D eigenvalue weighted by Crippen LogP contribution is 2.40. The minimum absolute atomic E-state index is 0.0775. The molecule has 1 heterocycles. The molecule has 1 aliphatic carbocycles. The Labute approximate surface area is 109 Å². The molecule has 19 heavy (non-hydrogen) atoms. The van der Waals surface area contributed by atoms with E-state index >= 15 is 0 Å². The standard InChI is InChI=1S/C12H16F2N2O3/c1-2-18-12(5-3-4-6-12)11-15-9(19-16-11)7-8(17)10(13)14/h10H,2-7H2,1H3. The summed E-state index contributed by atoms with van der Waals surface area (Å²) in [6, 6.07) is 0. The van der Waals surface area contributed by atoms with Gasteiger partial charge < -0.3 is 9.26 Å². The first-order valence-electron chi connectivity index (χ1n) is 6.35. The fraction of sp³-hybridized carbons (Fsp3) is 0.750. The molecule has 1 aromatic heterocycles. The molecule has 0 atom stereocenters. The second-order valence-corrected chi connectivity index (χ2v) is 4.59. The Morgan fingerprint density at radius 3 is 2.74 bits per heavy atom. The van der Waals surface area contributed by atoms with Gasteiger partial charge in [-0.15, -0.1) is 0 Å². The Kier molecular flexibility index (Phi) is 4.24. The van der Waals surface area contributed by atoms with Gasteiger partial charge in [0, 0.05) is 6.61 Å². The van der Waals surface area contributed by atoms with Crippen LogP contribution in [0.25, 0.3) is 0 Å². The van der Waals surface area contributed by atoms with E-state index in [2.05, 4.69) is 10.1 Å². The van der Waals surface area contributed by atoms with E-state index in [4.69, 9.17) is 9.26 Å². The Bertz CT molecular complexity index is 442. The summed E-state index contributed by atoms with van der Waals surface area (Å²) in [5, 5.41) is 3.79. The quantitative estimate of drug-likeness (QED) is 0.796. The van der Waals surface area contributed by atoms with Crippen molar-refractivity contribution in [3.05, 3.63) is 11.7 Å². The van der Waals surface area contributed by atoms with E-state index in [1.54, 1.807) is 0 Å². The van der Waals surface area contributed by atoms with Crippen LogP contribution in [0.1, 0.15) is 44.3 Å². The zero-order valence-corrected chi connectivity index (χ0v) is 10.7. The SMILES string of the molecule is CCOC1(c2noc(CC(=O)C(F)F)n2)CCCC1. The summed E-state index contributed by atoms with van der Waals surface area (Å²) in [7, 11) is 0. The Morgan fingerprint density at radius 1 is 1.47 bits per heavy atom. The molecule has 1 saturated carbocycles. The monoisotopic (exact) mass is 274 g/mol. The third-order valence-corrected chi connectivity index (χ3v) is 3.28. The van der Waals surface area contributed by atoms with Crippen LogP contribution in [0.4, 0.5) is 8.78 Å². The third kappa shape index (κ3) is 2.97. The molecule has 0 aliphatic heterocycles. The number of alkyl halides is 2. The molecule has 2 rings (SSSR count). The molecule has 1 aromatic rings. The van der Waals surface area contributed by atoms with Crippen LogP contribution in [0.3, 0.4) is 0 Å². The number of ether oxygens (including phenoxy) is 1. The van der Waals surface area contributed by atoms with Crippen molar-refractivity contribution >= 4 is 5.78 Å². The smallest absolute Gasteiger partial charge is 0.296 e. The first-order valence-corrected chi connectivity index (χ1v) is 6.35. The van der Waals surface area contributed by atoms with Crippen molar-refractivity contribution < 1.29 is 22.8 Å². The van der Waals surface area contributed by atoms with Crippen molar-refractivity contribution in [3.63, 3.8) is 0 Å². The Hall–Kier alpha value is -1.37. The third-order valence-electron chi connectivity index (χ3n) is 3.28. The van der Waals surface area contributed by atoms with Crippen LogP contribution in [-0.4, -0.2) is 29.0 Å². The van der Waals surface area contributed by atoms with Crippen LogP contribution in [-0.2, 0) is 21.6 Å². The van der Waals surface area contributed by atoms with Crippen LogP contribution in [0.5, 0.6) is 0 Å². The number of halogens is 2. The minimum Gasteiger partial charge on any atom is -0.367 e. The summed E-state index contributed by atoms with van der Waals surface area (Å²) >= 11 is 0. The molecule has 0 N–H and O–H groups in total. The molecule has 1 aliphatic rings. The zero-order chi connectivity index (χ0) is 13.9. The van der Waals surface area contributed by atoms with Crippen molar-refractivity contribution in [2.45, 2.75) is 51.1 Å². The number of carbonyl (C=O) groups is 1. The largest absolute Gasteiger partial charge is 0.367 e. The topological polar surface area (TPSA) is 65.2 Å². The average Bonchev–Trinajstić information content (AvgIpc) is 2.99. The number of hydrogen-bond donors (Lipinski definition) is 0. The van der Waals surface area contributed by atoms with Crippen molar-refractivity contribution in [3.8, 4) is 0 Å². The maximum absolute atomic E-state index is 12.2. The molecule has 0 spiro atoms. The lowest BCUT2D eigenvalue weighted by Gasteiger charge is -2.24. The number of nitrogens with zero attached hydrogens (tertiary/aromatic N) is 2. The second kappa shape index (κ2) is 5.73. The van der Waals surface area contributed by atoms with Crippen LogP contribution in [0.15, 0.2) is 4.52 Å². The van der Waals surface area contributed by atoms with Crippen molar-refractivity contribution in [2.24, 2.45) is 0 Å². The number of hydrogen-bond acceptors (Lipinski definition) is 5. The molecule has 1 fully saturated rings. The van der Waals surface area contributed by atoms with Crippen LogP contribution < -0.4 is 0 Å². The summed E-state index contributed by atoms with van der Waals surface area (Å²) in [4.78, 5) is 15.0. The lowest BCUT2D eigenvalue weighted by Crippen LogP contribution is -2.27. The molecule has 0 amide bonds. The predicted octanol–water partition coefficient (Wildman–Crippen LogP) is 2.25. The van der Waals surface area contributed by atoms with Gasteiger partial charge in [-0.25, -0.2) is 8.78 Å². The molecule has 0 unspecified atom stereocenters. The van der Waals surface area contributed by atoms with Gasteiger partial charge in [0.15, 0.2) is 0 Å². The highest BCUT2D eigenvalue weighted by atomic mass is 19.3. The van der Waals surface area contributed by atoms with E-state index < -0.39 is 24.2 Å². The molecule has 0 saturated heterocycles. The molecule has 7 heteroatoms. The first kappa shape index (κ1) is 14.0. The summed E-state index contributed by atoms with van der Waals surface area (Å²) in [5.41, 5.74) is -0.579. The highest BCUT2D eigenvalue weighted by Gasteiger charge is 2.41. The first-order chi connectivity index (χ1) is 9.07. The maximum Gasteiger partial charge on any atom is 0.296 e. The lowest BCUT2D eigenvalue weighted by molar-refractivity contribution is -0.129. The minimum atomic E-state index is -3.01. The summed E-state index contributed by atoms with van der Waals surface area (Å²) in [6.45, 7) is 2.39. The fourth-order valence-corrected chi connectivity index (χ4v) is 2.39. The summed E-state index contributed by atoms with van der Waals surface area (Å²) in [6.07, 6.45) is 0.0142. The Balaban J connectivity index is 2.13. The second-order valence-electron chi connectivity index (χ2n) is 4.59. The summed E-state index contributed by atoms with van der Waals surface area (Å²) in [5.74, 6) is -0.928. The molecule has 0 radical (unpaired) electrons. The van der Waals surface area contributed by atoms with Crippen molar-refractivity contribution in [1.29, 1.82) is 0 Å². The van der Waals surface area contributed by atoms with Gasteiger partial charge >= 0.3 is 0 Å². The molecule has 0 aromatic carbocycles. The average molecular weight is 274 g/mol. The van der Waals surface area contributed by atoms with Gasteiger partial charge in [0.2, 0.25) is 17.5 Å². The number of rotatable bonds is 6. The Morgan fingerprint density at radius 2 is 2.16 bits per heavy atom. The van der Waals surface area contributed by atoms with E-state index in [1.165, 1.54) is 0 Å². The maximum atomic E-state index is 12.2. The van der Waals surface area contributed by atoms with Gasteiger partial charge in [0.1, 0.15) is 5.60 Å². The van der Waals surface area contributed by atoms with Crippen molar-refractivity contribution in [2.75, 3.05) is 6.61 Å². The van der Waals surface area contributed by atoms with Crippen LogP contribution in [0.2, 0.25) is 0 Å². The van der Waals surface area contributed by atoms with Gasteiger partial charge in [0.25, 0.3) is 6.43 Å². The van der Waals surface area contributed by atoms with Gasteiger partial charge in [-0.1, -0.05) is 5.16 Å². The summed E-state index contributed by atoms with van der Waals surface area (Å²) < 4.78 is 34.9. The highest BCUT2D eigenvalue weighted by molar-refractivity contribution is 5.82. The van der Waals surface area contributed by atoms with Gasteiger partial charge in [-0.2, -0.15) is 4.98 Å². The van der Waals surface area contributed by atoms with E-state index in [1.807, 2.05) is 6.92 Å². The predicted molar refractivity (Wildman–Crippen MR) is 60.8 cm³/mol. The molecule has 106 valence electrons. The van der Waals surface area contributed by atoms with E-state index in [-0.39, 0.29) is 5.89 Å². The number of Topliss-reactive ketones (excluding diaryl/α,β-unsaturated/α-hetero) is 1. The molecular formula is C12H16F2N2O3. The number of aromatic nitrogens is 2. The normalized spacial score (nSPS) is 18.1. The molecule has 5 nitrogen and oxygen atoms in total. The zero-order valence-electron chi connectivity index (χ0n) is 10.7. The van der Waals surface area contributed by atoms with E-state index in [0.29, 0.717) is 12.4 Å². The van der Waals surface area contributed by atoms with E-state index in [9.17, 15) is 13.6 Å². The molecule has 0 bridgehead atoms. The number of ketones is 1. The lowest BCUT2D eigenvalue weighted by atomic mass is 10.0. The van der Waals surface area contributed by atoms with Crippen LogP contribution >= 0.6 is 0 Å². The van der Waals surface area contributed by atoms with Gasteiger partial charge in [-0.3, -0.25) is 4.79 Å². The molecular weight excluding hydrogens is 258 g/mol. The van der Waals surface area contributed by atoms with Crippen molar-refractivity contribution in [1.82, 2.24) is 10.1 Å². The fourth-order valence-electron chi connectivity index (χ4n) is 2.39. The van der Waals surface area contributed by atoms with Crippen LogP contribution in [0, 0.1) is 0 Å². The van der Waals surface area contributed by atoms with E-state index in [0.717, 1.165) is 25.7 Å².